The zero-order valence-electron chi connectivity index (χ0n) is 27.3. The zero-order chi connectivity index (χ0) is 33.0. The second kappa shape index (κ2) is 11.5. The maximum absolute atomic E-state index is 6.37. The first-order chi connectivity index (χ1) is 24.8. The Morgan fingerprint density at radius 2 is 0.940 bits per heavy atom. The van der Waals surface area contributed by atoms with Gasteiger partial charge in [-0.15, -0.1) is 0 Å². The molecule has 0 fully saturated rings. The van der Waals surface area contributed by atoms with Gasteiger partial charge in [-0.05, 0) is 98.2 Å². The topological polar surface area (TPSA) is 16.4 Å². The number of anilines is 3. The van der Waals surface area contributed by atoms with Crippen molar-refractivity contribution >= 4 is 71.3 Å². The average Bonchev–Trinajstić information content (AvgIpc) is 3.58. The third-order valence-electron chi connectivity index (χ3n) is 10.0. The molecule has 10 rings (SSSR count). The molecule has 50 heavy (non-hydrogen) atoms. The second-order valence-electron chi connectivity index (χ2n) is 12.9. The predicted molar refractivity (Wildman–Crippen MR) is 212 cm³/mol. The lowest BCUT2D eigenvalue weighted by atomic mass is 9.90. The van der Waals surface area contributed by atoms with Gasteiger partial charge in [-0.1, -0.05) is 133 Å². The van der Waals surface area contributed by atoms with E-state index in [1.165, 1.54) is 60.0 Å². The zero-order valence-corrected chi connectivity index (χ0v) is 27.3. The summed E-state index contributed by atoms with van der Waals surface area (Å²) in [6.07, 6.45) is 0. The summed E-state index contributed by atoms with van der Waals surface area (Å²) < 4.78 is 6.37. The number of rotatable bonds is 5. The van der Waals surface area contributed by atoms with E-state index in [4.69, 9.17) is 4.42 Å². The third kappa shape index (κ3) is 4.50. The lowest BCUT2D eigenvalue weighted by Gasteiger charge is -2.28. The number of furan rings is 1. The summed E-state index contributed by atoms with van der Waals surface area (Å²) in [7, 11) is 0. The maximum atomic E-state index is 6.37. The van der Waals surface area contributed by atoms with Gasteiger partial charge < -0.3 is 9.32 Å². The highest BCUT2D eigenvalue weighted by molar-refractivity contribution is 6.34. The molecule has 2 nitrogen and oxygen atoms in total. The van der Waals surface area contributed by atoms with E-state index in [0.717, 1.165) is 33.6 Å². The van der Waals surface area contributed by atoms with Crippen molar-refractivity contribution in [2.24, 2.45) is 0 Å². The van der Waals surface area contributed by atoms with Gasteiger partial charge in [-0.25, -0.2) is 0 Å². The van der Waals surface area contributed by atoms with Crippen LogP contribution in [0.5, 0.6) is 0 Å². The SMILES string of the molecule is c1ccc(-c2cccc(N(c3ccccc3)c3ccccc3-c3ccc4c5ccccc5c5c(ccc6oc7ccccc7c65)c4c3)c2)cc1. The first-order valence-corrected chi connectivity index (χ1v) is 17.1. The molecule has 0 N–H and O–H groups in total. The molecule has 1 heterocycles. The summed E-state index contributed by atoms with van der Waals surface area (Å²) in [5, 5.41) is 9.76. The Hall–Kier alpha value is -6.64. The highest BCUT2D eigenvalue weighted by Crippen LogP contribution is 2.46. The van der Waals surface area contributed by atoms with Crippen molar-refractivity contribution in [2.45, 2.75) is 0 Å². The van der Waals surface area contributed by atoms with Crippen molar-refractivity contribution < 1.29 is 4.42 Å². The first-order valence-electron chi connectivity index (χ1n) is 17.1. The minimum absolute atomic E-state index is 0.916. The van der Waals surface area contributed by atoms with Crippen LogP contribution < -0.4 is 4.90 Å². The molecule has 0 aliphatic heterocycles. The largest absolute Gasteiger partial charge is 0.456 e. The monoisotopic (exact) mass is 637 g/mol. The van der Waals surface area contributed by atoms with Crippen LogP contribution in [0, 0.1) is 0 Å². The molecule has 0 spiro atoms. The molecule has 0 saturated heterocycles. The normalized spacial score (nSPS) is 11.6. The minimum atomic E-state index is 0.916. The van der Waals surface area contributed by atoms with Crippen molar-refractivity contribution in [2.75, 3.05) is 4.90 Å². The molecule has 234 valence electrons. The molecule has 0 bridgehead atoms. The highest BCUT2D eigenvalue weighted by Gasteiger charge is 2.20. The molecule has 0 amide bonds. The molecule has 0 aliphatic carbocycles. The summed E-state index contributed by atoms with van der Waals surface area (Å²) in [6.45, 7) is 0. The molecule has 2 heteroatoms. The maximum Gasteiger partial charge on any atom is 0.136 e. The lowest BCUT2D eigenvalue weighted by Crippen LogP contribution is -2.11. The molecular weight excluding hydrogens is 607 g/mol. The van der Waals surface area contributed by atoms with E-state index >= 15 is 0 Å². The van der Waals surface area contributed by atoms with Crippen LogP contribution in [0.4, 0.5) is 17.1 Å². The van der Waals surface area contributed by atoms with Gasteiger partial charge in [-0.3, -0.25) is 0 Å². The van der Waals surface area contributed by atoms with Crippen molar-refractivity contribution in [3.63, 3.8) is 0 Å². The van der Waals surface area contributed by atoms with Crippen LogP contribution >= 0.6 is 0 Å². The van der Waals surface area contributed by atoms with Gasteiger partial charge in [0.15, 0.2) is 0 Å². The van der Waals surface area contributed by atoms with E-state index in [0.29, 0.717) is 0 Å². The molecule has 1 aromatic heterocycles. The van der Waals surface area contributed by atoms with E-state index in [9.17, 15) is 0 Å². The Bertz CT molecular complexity index is 2870. The fourth-order valence-corrected chi connectivity index (χ4v) is 7.80. The first kappa shape index (κ1) is 28.4. The van der Waals surface area contributed by atoms with Crippen molar-refractivity contribution in [3.05, 3.63) is 188 Å². The molecule has 9 aromatic carbocycles. The third-order valence-corrected chi connectivity index (χ3v) is 10.0. The Kier molecular flexibility index (Phi) is 6.53. The molecular formula is C48H31NO. The smallest absolute Gasteiger partial charge is 0.136 e. The van der Waals surface area contributed by atoms with Crippen LogP contribution in [0.15, 0.2) is 192 Å². The fraction of sp³-hybridized carbons (Fsp3) is 0. The summed E-state index contributed by atoms with van der Waals surface area (Å²) in [6, 6.07) is 67.4. The second-order valence-corrected chi connectivity index (χ2v) is 12.9. The Morgan fingerprint density at radius 3 is 1.80 bits per heavy atom. The quantitative estimate of drug-likeness (QED) is 0.175. The molecule has 0 radical (unpaired) electrons. The van der Waals surface area contributed by atoms with Gasteiger partial charge >= 0.3 is 0 Å². The van der Waals surface area contributed by atoms with Crippen molar-refractivity contribution in [1.29, 1.82) is 0 Å². The van der Waals surface area contributed by atoms with Crippen LogP contribution in [0.25, 0.3) is 76.5 Å². The Labute approximate surface area is 290 Å². The standard InChI is InChI=1S/C48H31NO/c1-3-14-32(15-4-1)33-16-13-19-36(30-33)49(35-17-5-2-6-18-35)44-24-11-9-20-37(44)34-26-27-39-38-21-7-8-22-40(38)47-41(43(39)31-34)28-29-46-48(47)42-23-10-12-25-45(42)50-46/h1-31H. The predicted octanol–water partition coefficient (Wildman–Crippen LogP) is 13.8. The number of hydrogen-bond donors (Lipinski definition) is 0. The van der Waals surface area contributed by atoms with Gasteiger partial charge in [0, 0.05) is 33.1 Å². The van der Waals surface area contributed by atoms with Gasteiger partial charge in [0.25, 0.3) is 0 Å². The minimum Gasteiger partial charge on any atom is -0.456 e. The van der Waals surface area contributed by atoms with Crippen LogP contribution in [-0.4, -0.2) is 0 Å². The molecule has 0 atom stereocenters. The summed E-state index contributed by atoms with van der Waals surface area (Å²) in [4.78, 5) is 2.38. The number of benzene rings is 9. The van der Waals surface area contributed by atoms with Crippen LogP contribution in [0.2, 0.25) is 0 Å². The number of para-hydroxylation sites is 3. The molecule has 0 unspecified atom stereocenters. The molecule has 10 aromatic rings. The lowest BCUT2D eigenvalue weighted by molar-refractivity contribution is 0.669. The van der Waals surface area contributed by atoms with Crippen molar-refractivity contribution in [1.82, 2.24) is 0 Å². The van der Waals surface area contributed by atoms with Crippen molar-refractivity contribution in [3.8, 4) is 22.3 Å². The van der Waals surface area contributed by atoms with Gasteiger partial charge in [0.1, 0.15) is 11.2 Å². The molecule has 0 aliphatic rings. The fourth-order valence-electron chi connectivity index (χ4n) is 7.80. The van der Waals surface area contributed by atoms with Gasteiger partial charge in [0.05, 0.1) is 5.69 Å². The number of hydrogen-bond acceptors (Lipinski definition) is 2. The van der Waals surface area contributed by atoms with E-state index in [1.54, 1.807) is 0 Å². The average molecular weight is 638 g/mol. The van der Waals surface area contributed by atoms with E-state index in [2.05, 4.69) is 187 Å². The highest BCUT2D eigenvalue weighted by atomic mass is 16.3. The van der Waals surface area contributed by atoms with Gasteiger partial charge in [-0.2, -0.15) is 0 Å². The Morgan fingerprint density at radius 1 is 0.320 bits per heavy atom. The van der Waals surface area contributed by atoms with Crippen LogP contribution in [-0.2, 0) is 0 Å². The van der Waals surface area contributed by atoms with Crippen LogP contribution in [0.3, 0.4) is 0 Å². The van der Waals surface area contributed by atoms with Crippen LogP contribution in [0.1, 0.15) is 0 Å². The molecule has 0 saturated carbocycles. The van der Waals surface area contributed by atoms with E-state index in [-0.39, 0.29) is 0 Å². The summed E-state index contributed by atoms with van der Waals surface area (Å²) >= 11 is 0. The summed E-state index contributed by atoms with van der Waals surface area (Å²) in [5.41, 5.74) is 9.89. The summed E-state index contributed by atoms with van der Waals surface area (Å²) in [5.74, 6) is 0. The number of fused-ring (bicyclic) bond motifs is 10. The number of nitrogens with zero attached hydrogens (tertiary/aromatic N) is 1. The van der Waals surface area contributed by atoms with E-state index < -0.39 is 0 Å². The van der Waals surface area contributed by atoms with E-state index in [1.807, 2.05) is 6.07 Å². The van der Waals surface area contributed by atoms with Gasteiger partial charge in [0.2, 0.25) is 0 Å². The Balaban J connectivity index is 1.23.